The zero-order valence-electron chi connectivity index (χ0n) is 10.7. The normalized spacial score (nSPS) is 11.1. The van der Waals surface area contributed by atoms with Crippen LogP contribution in [0.1, 0.15) is 17.1 Å². The summed E-state index contributed by atoms with van der Waals surface area (Å²) >= 11 is 0. The van der Waals surface area contributed by atoms with E-state index in [4.69, 9.17) is 9.68 Å². The van der Waals surface area contributed by atoms with Gasteiger partial charge in [-0.25, -0.2) is 0 Å². The third kappa shape index (κ3) is 2.43. The molecule has 5 heteroatoms. The van der Waals surface area contributed by atoms with E-state index in [0.717, 1.165) is 11.8 Å². The lowest BCUT2D eigenvalue weighted by Crippen LogP contribution is -2.08. The summed E-state index contributed by atoms with van der Waals surface area (Å²) in [6.45, 7) is 0. The second kappa shape index (κ2) is 5.27. The van der Waals surface area contributed by atoms with Crippen molar-refractivity contribution in [3.05, 3.63) is 53.7 Å². The lowest BCUT2D eigenvalue weighted by molar-refractivity contribution is 0.471. The van der Waals surface area contributed by atoms with E-state index in [1.54, 1.807) is 19.0 Å². The predicted molar refractivity (Wildman–Crippen MR) is 71.7 cm³/mol. The Morgan fingerprint density at radius 3 is 2.53 bits per heavy atom. The Labute approximate surface area is 111 Å². The lowest BCUT2D eigenvalue weighted by Gasteiger charge is -2.06. The summed E-state index contributed by atoms with van der Waals surface area (Å²) in [4.78, 5) is 5.76. The Morgan fingerprint density at radius 2 is 2.05 bits per heavy atom. The van der Waals surface area contributed by atoms with E-state index in [2.05, 4.69) is 4.98 Å². The number of aliphatic hydroxyl groups excluding tert-OH is 1. The zero-order chi connectivity index (χ0) is 13.8. The summed E-state index contributed by atoms with van der Waals surface area (Å²) in [6.07, 6.45) is 0.932. The van der Waals surface area contributed by atoms with E-state index in [9.17, 15) is 5.11 Å². The van der Waals surface area contributed by atoms with Gasteiger partial charge in [0.25, 0.3) is 0 Å². The van der Waals surface area contributed by atoms with Crippen molar-refractivity contribution >= 4 is 11.5 Å². The molecule has 0 aliphatic rings. The molecule has 0 bridgehead atoms. The number of rotatable bonds is 3. The first-order valence-corrected chi connectivity index (χ1v) is 5.65. The van der Waals surface area contributed by atoms with Crippen LogP contribution in [0.5, 0.6) is 0 Å². The Hall–Kier alpha value is -2.74. The summed E-state index contributed by atoms with van der Waals surface area (Å²) in [7, 11) is 3.52. The third-order valence-electron chi connectivity index (χ3n) is 2.57. The van der Waals surface area contributed by atoms with Crippen LogP contribution in [0.15, 0.2) is 41.0 Å². The number of nitrogens with zero attached hydrogens (tertiary/aromatic N) is 3. The summed E-state index contributed by atoms with van der Waals surface area (Å²) in [6, 6.07) is 11.2. The summed E-state index contributed by atoms with van der Waals surface area (Å²) in [5, 5.41) is 18.4. The van der Waals surface area contributed by atoms with Gasteiger partial charge in [0.2, 0.25) is 17.5 Å². The minimum Gasteiger partial charge on any atom is -0.515 e. The first kappa shape index (κ1) is 12.7. The smallest absolute Gasteiger partial charge is 0.234 e. The molecule has 0 spiro atoms. The molecule has 0 saturated carbocycles. The highest BCUT2D eigenvalue weighted by Crippen LogP contribution is 2.27. The molecule has 0 amide bonds. The van der Waals surface area contributed by atoms with Crippen LogP contribution in [-0.4, -0.2) is 24.2 Å². The molecular weight excluding hydrogens is 242 g/mol. The van der Waals surface area contributed by atoms with Crippen LogP contribution in [0.4, 0.5) is 5.88 Å². The average molecular weight is 255 g/mol. The average Bonchev–Trinajstić information content (AvgIpc) is 2.85. The SMILES string of the molecule is CN(C)c1oc(/C(=C\O)c2ccccc2)nc1C#N. The Balaban J connectivity index is 2.50. The van der Waals surface area contributed by atoms with Gasteiger partial charge in [-0.3, -0.25) is 0 Å². The molecule has 0 fully saturated rings. The van der Waals surface area contributed by atoms with Crippen LogP contribution in [0.3, 0.4) is 0 Å². The van der Waals surface area contributed by atoms with Crippen molar-refractivity contribution in [2.24, 2.45) is 0 Å². The number of hydrogen-bond donors (Lipinski definition) is 1. The maximum Gasteiger partial charge on any atom is 0.234 e. The van der Waals surface area contributed by atoms with Crippen molar-refractivity contribution < 1.29 is 9.52 Å². The van der Waals surface area contributed by atoms with Gasteiger partial charge in [-0.05, 0) is 5.56 Å². The van der Waals surface area contributed by atoms with E-state index in [1.165, 1.54) is 0 Å². The molecule has 0 aliphatic heterocycles. The largest absolute Gasteiger partial charge is 0.515 e. The van der Waals surface area contributed by atoms with Gasteiger partial charge < -0.3 is 14.4 Å². The second-order valence-corrected chi connectivity index (χ2v) is 4.09. The molecule has 96 valence electrons. The van der Waals surface area contributed by atoms with Gasteiger partial charge >= 0.3 is 0 Å². The van der Waals surface area contributed by atoms with Crippen LogP contribution >= 0.6 is 0 Å². The topological polar surface area (TPSA) is 73.3 Å². The zero-order valence-corrected chi connectivity index (χ0v) is 10.7. The van der Waals surface area contributed by atoms with Crippen molar-refractivity contribution in [2.75, 3.05) is 19.0 Å². The van der Waals surface area contributed by atoms with Crippen molar-refractivity contribution in [1.82, 2.24) is 4.98 Å². The standard InChI is InChI=1S/C14H13N3O2/c1-17(2)14-12(8-15)16-13(19-14)11(9-18)10-6-4-3-5-7-10/h3-7,9,18H,1-2H3/b11-9-. The number of oxazole rings is 1. The van der Waals surface area contributed by atoms with Gasteiger partial charge in [0.15, 0.2) is 0 Å². The van der Waals surface area contributed by atoms with Crippen LogP contribution in [0, 0.1) is 11.3 Å². The van der Waals surface area contributed by atoms with Gasteiger partial charge in [-0.1, -0.05) is 30.3 Å². The molecule has 2 rings (SSSR count). The first-order valence-electron chi connectivity index (χ1n) is 5.65. The highest BCUT2D eigenvalue weighted by Gasteiger charge is 2.18. The van der Waals surface area contributed by atoms with Crippen molar-refractivity contribution in [2.45, 2.75) is 0 Å². The van der Waals surface area contributed by atoms with E-state index in [-0.39, 0.29) is 11.6 Å². The molecule has 1 aromatic heterocycles. The highest BCUT2D eigenvalue weighted by atomic mass is 16.4. The quantitative estimate of drug-likeness (QED) is 0.853. The number of aliphatic hydroxyl groups is 1. The molecule has 1 aromatic carbocycles. The van der Waals surface area contributed by atoms with Crippen LogP contribution in [0.25, 0.3) is 5.57 Å². The van der Waals surface area contributed by atoms with E-state index in [1.807, 2.05) is 36.4 Å². The molecule has 1 heterocycles. The monoisotopic (exact) mass is 255 g/mol. The molecule has 19 heavy (non-hydrogen) atoms. The fourth-order valence-corrected chi connectivity index (χ4v) is 1.67. The van der Waals surface area contributed by atoms with Crippen molar-refractivity contribution in [3.63, 3.8) is 0 Å². The van der Waals surface area contributed by atoms with Crippen LogP contribution < -0.4 is 4.90 Å². The number of anilines is 1. The fourth-order valence-electron chi connectivity index (χ4n) is 1.67. The van der Waals surface area contributed by atoms with Gasteiger partial charge in [0.05, 0.1) is 11.8 Å². The Morgan fingerprint density at radius 1 is 1.37 bits per heavy atom. The summed E-state index contributed by atoms with van der Waals surface area (Å²) in [5.41, 5.74) is 1.39. The molecule has 0 atom stereocenters. The molecule has 1 N–H and O–H groups in total. The van der Waals surface area contributed by atoms with Crippen LogP contribution in [0.2, 0.25) is 0 Å². The Bertz CT molecular complexity index is 636. The molecule has 0 saturated heterocycles. The molecule has 2 aromatic rings. The number of hydrogen-bond acceptors (Lipinski definition) is 5. The molecular formula is C14H13N3O2. The van der Waals surface area contributed by atoms with Gasteiger partial charge in [0.1, 0.15) is 6.07 Å². The highest BCUT2D eigenvalue weighted by molar-refractivity contribution is 5.75. The first-order chi connectivity index (χ1) is 9.17. The maximum absolute atomic E-state index is 9.39. The maximum atomic E-state index is 9.39. The van der Waals surface area contributed by atoms with Crippen LogP contribution in [-0.2, 0) is 0 Å². The van der Waals surface area contributed by atoms with Crippen molar-refractivity contribution in [1.29, 1.82) is 5.26 Å². The van der Waals surface area contributed by atoms with Gasteiger partial charge in [-0.15, -0.1) is 0 Å². The molecule has 0 unspecified atom stereocenters. The predicted octanol–water partition coefficient (Wildman–Crippen LogP) is 2.56. The number of benzene rings is 1. The summed E-state index contributed by atoms with van der Waals surface area (Å²) < 4.78 is 5.54. The number of nitriles is 1. The summed E-state index contributed by atoms with van der Waals surface area (Å²) in [5.74, 6) is 0.585. The lowest BCUT2D eigenvalue weighted by atomic mass is 10.1. The number of aromatic nitrogens is 1. The van der Waals surface area contributed by atoms with Gasteiger partial charge in [0, 0.05) is 14.1 Å². The fraction of sp³-hybridized carbons (Fsp3) is 0.143. The van der Waals surface area contributed by atoms with E-state index < -0.39 is 0 Å². The minimum absolute atomic E-state index is 0.190. The molecule has 0 radical (unpaired) electrons. The second-order valence-electron chi connectivity index (χ2n) is 4.09. The molecule has 5 nitrogen and oxygen atoms in total. The molecule has 0 aliphatic carbocycles. The van der Waals surface area contributed by atoms with E-state index >= 15 is 0 Å². The van der Waals surface area contributed by atoms with Crippen molar-refractivity contribution in [3.8, 4) is 6.07 Å². The third-order valence-corrected chi connectivity index (χ3v) is 2.57. The minimum atomic E-state index is 0.190. The Kier molecular flexibility index (Phi) is 3.53. The van der Waals surface area contributed by atoms with Gasteiger partial charge in [-0.2, -0.15) is 10.2 Å². The van der Waals surface area contributed by atoms with E-state index in [0.29, 0.717) is 11.5 Å².